The van der Waals surface area contributed by atoms with Gasteiger partial charge in [-0.25, -0.2) is 0 Å². The van der Waals surface area contributed by atoms with Crippen LogP contribution >= 0.6 is 0 Å². The van der Waals surface area contributed by atoms with Crippen LogP contribution in [0.2, 0.25) is 0 Å². The third-order valence-electron chi connectivity index (χ3n) is 6.13. The number of aliphatic hydroxyl groups excluding tert-OH is 1. The van der Waals surface area contributed by atoms with Crippen molar-refractivity contribution in [1.29, 1.82) is 0 Å². The van der Waals surface area contributed by atoms with Gasteiger partial charge in [0, 0.05) is 6.54 Å². The standard InChI is InChI=1S/C26H40N2O3/c1-6-8-15-27(16-9-7-2)17-10-18-28-24(23(20(5)29)25(30)26(28)31)22-13-11-21(12-14-22)19(3)4/h11-14,19,24,30H,6-10,15-18H2,1-5H3/t24-/m1/s1. The normalized spacial score (nSPS) is 16.8. The number of hydrogen-bond acceptors (Lipinski definition) is 4. The summed E-state index contributed by atoms with van der Waals surface area (Å²) < 4.78 is 0. The predicted molar refractivity (Wildman–Crippen MR) is 126 cm³/mol. The molecule has 0 aliphatic carbocycles. The van der Waals surface area contributed by atoms with Crippen molar-refractivity contribution in [2.24, 2.45) is 0 Å². The second-order valence-corrected chi connectivity index (χ2v) is 8.94. The summed E-state index contributed by atoms with van der Waals surface area (Å²) in [5.41, 5.74) is 2.30. The highest BCUT2D eigenvalue weighted by Gasteiger charge is 2.42. The fourth-order valence-electron chi connectivity index (χ4n) is 4.22. The third-order valence-corrected chi connectivity index (χ3v) is 6.13. The minimum atomic E-state index is -0.508. The SMILES string of the molecule is CCCCN(CCCC)CCCN1C(=O)C(O)=C(C(C)=O)[C@H]1c1ccc(C(C)C)cc1. The summed E-state index contributed by atoms with van der Waals surface area (Å²) in [6.07, 6.45) is 5.50. The van der Waals surface area contributed by atoms with Gasteiger partial charge in [0.25, 0.3) is 5.91 Å². The number of carbonyl (C=O) groups excluding carboxylic acids is 2. The summed E-state index contributed by atoms with van der Waals surface area (Å²) in [5, 5.41) is 10.5. The lowest BCUT2D eigenvalue weighted by Gasteiger charge is -2.28. The number of ketones is 1. The maximum atomic E-state index is 12.9. The monoisotopic (exact) mass is 428 g/mol. The Morgan fingerprint density at radius 3 is 2.06 bits per heavy atom. The van der Waals surface area contributed by atoms with Crippen molar-refractivity contribution in [3.05, 3.63) is 46.7 Å². The molecule has 31 heavy (non-hydrogen) atoms. The van der Waals surface area contributed by atoms with Gasteiger partial charge in [-0.1, -0.05) is 64.8 Å². The quantitative estimate of drug-likeness (QED) is 0.458. The van der Waals surface area contributed by atoms with Crippen LogP contribution in [-0.4, -0.2) is 52.8 Å². The van der Waals surface area contributed by atoms with Gasteiger partial charge in [0.05, 0.1) is 11.6 Å². The number of amides is 1. The van der Waals surface area contributed by atoms with E-state index in [2.05, 4.69) is 32.6 Å². The van der Waals surface area contributed by atoms with Crippen molar-refractivity contribution >= 4 is 11.7 Å². The molecule has 1 amide bonds. The van der Waals surface area contributed by atoms with Gasteiger partial charge >= 0.3 is 0 Å². The number of unbranched alkanes of at least 4 members (excludes halogenated alkanes) is 2. The first-order chi connectivity index (χ1) is 14.8. The Morgan fingerprint density at radius 1 is 1.03 bits per heavy atom. The molecule has 1 aromatic carbocycles. The molecule has 0 saturated heterocycles. The van der Waals surface area contributed by atoms with Crippen LogP contribution in [0.3, 0.4) is 0 Å². The fraction of sp³-hybridized carbons (Fsp3) is 0.615. The summed E-state index contributed by atoms with van der Waals surface area (Å²) in [6, 6.07) is 7.55. The maximum Gasteiger partial charge on any atom is 0.290 e. The molecule has 1 heterocycles. The molecule has 0 saturated carbocycles. The smallest absolute Gasteiger partial charge is 0.290 e. The van der Waals surface area contributed by atoms with Crippen molar-refractivity contribution in [3.8, 4) is 0 Å². The predicted octanol–water partition coefficient (Wildman–Crippen LogP) is 5.39. The van der Waals surface area contributed by atoms with Crippen molar-refractivity contribution in [1.82, 2.24) is 9.80 Å². The van der Waals surface area contributed by atoms with Crippen molar-refractivity contribution in [2.45, 2.75) is 78.7 Å². The number of rotatable bonds is 13. The Balaban J connectivity index is 2.17. The number of nitrogens with zero attached hydrogens (tertiary/aromatic N) is 2. The van der Waals surface area contributed by atoms with Gasteiger partial charge in [0.15, 0.2) is 11.5 Å². The molecule has 5 nitrogen and oxygen atoms in total. The minimum Gasteiger partial charge on any atom is -0.503 e. The second kappa shape index (κ2) is 12.0. The van der Waals surface area contributed by atoms with E-state index in [1.807, 2.05) is 24.3 Å². The number of benzene rings is 1. The third kappa shape index (κ3) is 6.42. The molecule has 2 rings (SSSR count). The summed E-state index contributed by atoms with van der Waals surface area (Å²) >= 11 is 0. The molecule has 5 heteroatoms. The van der Waals surface area contributed by atoms with Gasteiger partial charge < -0.3 is 14.9 Å². The number of hydrogen-bond donors (Lipinski definition) is 1. The van der Waals surface area contributed by atoms with Gasteiger partial charge in [-0.15, -0.1) is 0 Å². The molecule has 0 bridgehead atoms. The Morgan fingerprint density at radius 2 is 1.58 bits per heavy atom. The van der Waals surface area contributed by atoms with Gasteiger partial charge in [0.1, 0.15) is 0 Å². The molecule has 0 aromatic heterocycles. The van der Waals surface area contributed by atoms with Crippen LogP contribution in [0.1, 0.15) is 89.8 Å². The lowest BCUT2D eigenvalue weighted by atomic mass is 9.94. The van der Waals surface area contributed by atoms with Crippen molar-refractivity contribution in [2.75, 3.05) is 26.2 Å². The van der Waals surface area contributed by atoms with Crippen molar-refractivity contribution in [3.63, 3.8) is 0 Å². The van der Waals surface area contributed by atoms with Gasteiger partial charge in [-0.05, 0) is 62.9 Å². The molecule has 1 N–H and O–H groups in total. The Labute approximate surface area is 188 Å². The van der Waals surface area contributed by atoms with Crippen LogP contribution in [-0.2, 0) is 9.59 Å². The largest absolute Gasteiger partial charge is 0.503 e. The molecular weight excluding hydrogens is 388 g/mol. The van der Waals surface area contributed by atoms with Crippen LogP contribution in [0, 0.1) is 0 Å². The van der Waals surface area contributed by atoms with E-state index in [1.165, 1.54) is 38.2 Å². The summed E-state index contributed by atoms with van der Waals surface area (Å²) in [6.45, 7) is 13.7. The second-order valence-electron chi connectivity index (χ2n) is 8.94. The van der Waals surface area contributed by atoms with E-state index in [9.17, 15) is 14.7 Å². The summed E-state index contributed by atoms with van der Waals surface area (Å²) in [4.78, 5) is 29.3. The maximum absolute atomic E-state index is 12.9. The zero-order valence-corrected chi connectivity index (χ0v) is 20.0. The molecule has 0 fully saturated rings. The lowest BCUT2D eigenvalue weighted by Crippen LogP contribution is -2.35. The van der Waals surface area contributed by atoms with E-state index in [4.69, 9.17) is 0 Å². The molecular formula is C26H40N2O3. The topological polar surface area (TPSA) is 60.9 Å². The van der Waals surface area contributed by atoms with Crippen LogP contribution < -0.4 is 0 Å². The first-order valence-electron chi connectivity index (χ1n) is 11.9. The average Bonchev–Trinajstić information content (AvgIpc) is 3.00. The van der Waals surface area contributed by atoms with Crippen LogP contribution in [0.15, 0.2) is 35.6 Å². The Kier molecular flexibility index (Phi) is 9.76. The highest BCUT2D eigenvalue weighted by molar-refractivity contribution is 6.08. The van der Waals surface area contributed by atoms with E-state index in [1.54, 1.807) is 4.90 Å². The van der Waals surface area contributed by atoms with E-state index in [0.29, 0.717) is 12.5 Å². The van der Waals surface area contributed by atoms with Gasteiger partial charge in [-0.3, -0.25) is 9.59 Å². The molecule has 1 aromatic rings. The number of Topliss-reactive ketones (excluding diaryl/α,β-unsaturated/α-hetero) is 1. The van der Waals surface area contributed by atoms with E-state index < -0.39 is 11.9 Å². The lowest BCUT2D eigenvalue weighted by molar-refractivity contribution is -0.129. The minimum absolute atomic E-state index is 0.219. The summed E-state index contributed by atoms with van der Waals surface area (Å²) in [5.74, 6) is -0.668. The first-order valence-corrected chi connectivity index (χ1v) is 11.9. The summed E-state index contributed by atoms with van der Waals surface area (Å²) in [7, 11) is 0. The van der Waals surface area contributed by atoms with E-state index >= 15 is 0 Å². The van der Waals surface area contributed by atoms with Gasteiger partial charge in [-0.2, -0.15) is 0 Å². The van der Waals surface area contributed by atoms with Crippen LogP contribution in [0.4, 0.5) is 0 Å². The molecule has 172 valence electrons. The highest BCUT2D eigenvalue weighted by atomic mass is 16.3. The Hall–Kier alpha value is -2.14. The van der Waals surface area contributed by atoms with Crippen LogP contribution in [0.5, 0.6) is 0 Å². The average molecular weight is 429 g/mol. The van der Waals surface area contributed by atoms with E-state index in [-0.39, 0.29) is 17.1 Å². The van der Waals surface area contributed by atoms with Crippen LogP contribution in [0.25, 0.3) is 0 Å². The van der Waals surface area contributed by atoms with Gasteiger partial charge in [0.2, 0.25) is 0 Å². The molecule has 1 aliphatic heterocycles. The molecule has 1 aliphatic rings. The zero-order chi connectivity index (χ0) is 23.0. The van der Waals surface area contributed by atoms with E-state index in [0.717, 1.165) is 31.6 Å². The fourth-order valence-corrected chi connectivity index (χ4v) is 4.22. The number of aliphatic hydroxyl groups is 1. The molecule has 1 atom stereocenters. The molecule has 0 spiro atoms. The highest BCUT2D eigenvalue weighted by Crippen LogP contribution is 2.38. The number of carbonyl (C=O) groups is 2. The Bertz CT molecular complexity index is 759. The molecule has 0 unspecified atom stereocenters. The first kappa shape index (κ1) is 25.1. The van der Waals surface area contributed by atoms with Crippen molar-refractivity contribution < 1.29 is 14.7 Å². The molecule has 0 radical (unpaired) electrons. The zero-order valence-electron chi connectivity index (χ0n) is 20.0.